The van der Waals surface area contributed by atoms with Gasteiger partial charge in [0.2, 0.25) is 11.8 Å². The third-order valence-electron chi connectivity index (χ3n) is 2.93. The summed E-state index contributed by atoms with van der Waals surface area (Å²) < 4.78 is 20.0. The molecule has 0 unspecified atom stereocenters. The zero-order chi connectivity index (χ0) is 16.8. The van der Waals surface area contributed by atoms with Crippen molar-refractivity contribution in [2.24, 2.45) is 0 Å². The molecule has 1 aromatic heterocycles. The van der Waals surface area contributed by atoms with Crippen molar-refractivity contribution in [2.45, 2.75) is 0 Å². The second-order valence-corrected chi connectivity index (χ2v) is 4.29. The van der Waals surface area contributed by atoms with Crippen LogP contribution in [0.5, 0.6) is 17.5 Å². The van der Waals surface area contributed by atoms with Gasteiger partial charge in [0, 0.05) is 6.07 Å². The third kappa shape index (κ3) is 3.57. The number of hydrogen-bond acceptors (Lipinski definition) is 7. The molecule has 23 heavy (non-hydrogen) atoms. The molecule has 2 aromatic rings. The fourth-order valence-electron chi connectivity index (χ4n) is 1.87. The first kappa shape index (κ1) is 16.3. The lowest BCUT2D eigenvalue weighted by atomic mass is 10.1. The second-order valence-electron chi connectivity index (χ2n) is 4.29. The Morgan fingerprint density at radius 3 is 2.22 bits per heavy atom. The largest absolute Gasteiger partial charge is 0.481 e. The van der Waals surface area contributed by atoms with Crippen LogP contribution in [-0.4, -0.2) is 38.3 Å². The minimum Gasteiger partial charge on any atom is -0.481 e. The van der Waals surface area contributed by atoms with Crippen molar-refractivity contribution >= 4 is 11.9 Å². The average molecular weight is 317 g/mol. The molecule has 0 saturated carbocycles. The number of nitrogens with zero attached hydrogens (tertiary/aromatic N) is 1. The van der Waals surface area contributed by atoms with E-state index in [1.54, 1.807) is 30.3 Å². The van der Waals surface area contributed by atoms with Crippen molar-refractivity contribution in [1.29, 1.82) is 0 Å². The normalized spacial score (nSPS) is 9.87. The Morgan fingerprint density at radius 2 is 1.65 bits per heavy atom. The van der Waals surface area contributed by atoms with E-state index in [4.69, 9.17) is 18.9 Å². The molecule has 2 rings (SSSR count). The average Bonchev–Trinajstić information content (AvgIpc) is 2.60. The lowest BCUT2D eigenvalue weighted by Crippen LogP contribution is -2.18. The first-order valence-corrected chi connectivity index (χ1v) is 6.59. The molecule has 0 aliphatic heterocycles. The summed E-state index contributed by atoms with van der Waals surface area (Å²) in [4.78, 5) is 28.4. The van der Waals surface area contributed by atoms with Crippen molar-refractivity contribution < 1.29 is 28.5 Å². The van der Waals surface area contributed by atoms with Gasteiger partial charge in [0.25, 0.3) is 0 Å². The number of esters is 2. The highest BCUT2D eigenvalue weighted by atomic mass is 16.5. The van der Waals surface area contributed by atoms with Gasteiger partial charge in [-0.1, -0.05) is 18.2 Å². The van der Waals surface area contributed by atoms with E-state index in [1.165, 1.54) is 27.4 Å². The van der Waals surface area contributed by atoms with Gasteiger partial charge in [-0.25, -0.2) is 9.59 Å². The number of rotatable bonds is 5. The maximum Gasteiger partial charge on any atom is 0.349 e. The molecule has 1 aromatic carbocycles. The van der Waals surface area contributed by atoms with Gasteiger partial charge >= 0.3 is 11.9 Å². The van der Waals surface area contributed by atoms with Gasteiger partial charge in [-0.3, -0.25) is 0 Å². The van der Waals surface area contributed by atoms with E-state index >= 15 is 0 Å². The van der Waals surface area contributed by atoms with Crippen molar-refractivity contribution in [3.05, 3.63) is 47.5 Å². The van der Waals surface area contributed by atoms with Crippen molar-refractivity contribution in [1.82, 2.24) is 4.98 Å². The fourth-order valence-corrected chi connectivity index (χ4v) is 1.87. The fraction of sp³-hybridized carbons (Fsp3) is 0.188. The Hall–Kier alpha value is -3.09. The summed E-state index contributed by atoms with van der Waals surface area (Å²) in [7, 11) is 3.90. The molecule has 0 radical (unpaired) electrons. The van der Waals surface area contributed by atoms with Crippen molar-refractivity contribution in [3.63, 3.8) is 0 Å². The van der Waals surface area contributed by atoms with E-state index in [-0.39, 0.29) is 22.9 Å². The molecule has 0 aliphatic carbocycles. The number of ether oxygens (including phenoxy) is 4. The highest BCUT2D eigenvalue weighted by Gasteiger charge is 2.27. The summed E-state index contributed by atoms with van der Waals surface area (Å²) in [5.74, 6) is -1.18. The van der Waals surface area contributed by atoms with Crippen LogP contribution in [0.1, 0.15) is 20.7 Å². The van der Waals surface area contributed by atoms with Gasteiger partial charge in [0.15, 0.2) is 0 Å². The Labute approximate surface area is 132 Å². The number of aromatic nitrogens is 1. The third-order valence-corrected chi connectivity index (χ3v) is 2.93. The monoisotopic (exact) mass is 317 g/mol. The van der Waals surface area contributed by atoms with Crippen molar-refractivity contribution in [3.8, 4) is 17.5 Å². The van der Waals surface area contributed by atoms with Crippen LogP contribution in [-0.2, 0) is 4.74 Å². The molecule has 1 heterocycles. The van der Waals surface area contributed by atoms with E-state index in [9.17, 15) is 9.59 Å². The Balaban J connectivity index is 2.50. The van der Waals surface area contributed by atoms with Gasteiger partial charge < -0.3 is 18.9 Å². The molecule has 0 spiro atoms. The molecule has 0 N–H and O–H groups in total. The molecule has 0 fully saturated rings. The molecular formula is C16H15NO6. The summed E-state index contributed by atoms with van der Waals surface area (Å²) in [5, 5.41) is 0. The summed E-state index contributed by atoms with van der Waals surface area (Å²) in [6.45, 7) is 0. The zero-order valence-electron chi connectivity index (χ0n) is 12.9. The van der Waals surface area contributed by atoms with Gasteiger partial charge in [-0.05, 0) is 12.1 Å². The minimum atomic E-state index is -0.788. The molecule has 7 heteroatoms. The molecule has 120 valence electrons. The van der Waals surface area contributed by atoms with Crippen LogP contribution in [0.4, 0.5) is 0 Å². The highest BCUT2D eigenvalue weighted by Crippen LogP contribution is 2.27. The van der Waals surface area contributed by atoms with Gasteiger partial charge in [0.1, 0.15) is 11.3 Å². The number of benzene rings is 1. The molecule has 0 atom stereocenters. The predicted octanol–water partition coefficient (Wildman–Crippen LogP) is 2.10. The smallest absolute Gasteiger partial charge is 0.349 e. The van der Waals surface area contributed by atoms with Crippen molar-refractivity contribution in [2.75, 3.05) is 21.3 Å². The van der Waals surface area contributed by atoms with E-state index < -0.39 is 11.9 Å². The Kier molecular flexibility index (Phi) is 5.14. The van der Waals surface area contributed by atoms with E-state index in [0.717, 1.165) is 0 Å². The predicted molar refractivity (Wildman–Crippen MR) is 80.1 cm³/mol. The highest BCUT2D eigenvalue weighted by molar-refractivity contribution is 6.05. The summed E-state index contributed by atoms with van der Waals surface area (Å²) in [5.41, 5.74) is -0.193. The minimum absolute atomic E-state index is 0.0582. The molecule has 7 nitrogen and oxygen atoms in total. The standard InChI is InChI=1S/C16H15NO6/c1-20-12-9-11(15(18)22-3)13(14(17-12)21-2)16(19)23-10-7-5-4-6-8-10/h4-9H,1-3H3. The van der Waals surface area contributed by atoms with Gasteiger partial charge in [-0.2, -0.15) is 4.98 Å². The first-order chi connectivity index (χ1) is 11.1. The lowest BCUT2D eigenvalue weighted by Gasteiger charge is -2.12. The molecular weight excluding hydrogens is 302 g/mol. The molecule has 0 bridgehead atoms. The van der Waals surface area contributed by atoms with Crippen LogP contribution >= 0.6 is 0 Å². The SMILES string of the molecule is COC(=O)c1cc(OC)nc(OC)c1C(=O)Oc1ccccc1. The van der Waals surface area contributed by atoms with E-state index in [0.29, 0.717) is 5.75 Å². The molecule has 0 aliphatic rings. The van der Waals surface area contributed by atoms with Crippen LogP contribution in [0.2, 0.25) is 0 Å². The number of methoxy groups -OCH3 is 3. The topological polar surface area (TPSA) is 84.0 Å². The van der Waals surface area contributed by atoms with Crippen LogP contribution in [0, 0.1) is 0 Å². The number of carbonyl (C=O) groups excluding carboxylic acids is 2. The summed E-state index contributed by atoms with van der Waals surface area (Å²) in [6.07, 6.45) is 0. The van der Waals surface area contributed by atoms with Crippen LogP contribution in [0.25, 0.3) is 0 Å². The maximum atomic E-state index is 12.4. The van der Waals surface area contributed by atoms with E-state index in [1.807, 2.05) is 0 Å². The Morgan fingerprint density at radius 1 is 0.957 bits per heavy atom. The number of hydrogen-bond donors (Lipinski definition) is 0. The van der Waals surface area contributed by atoms with Crippen LogP contribution < -0.4 is 14.2 Å². The first-order valence-electron chi connectivity index (χ1n) is 6.59. The maximum absolute atomic E-state index is 12.4. The van der Waals surface area contributed by atoms with E-state index in [2.05, 4.69) is 4.98 Å². The summed E-state index contributed by atoms with van der Waals surface area (Å²) in [6, 6.07) is 9.72. The number of pyridine rings is 1. The van der Waals surface area contributed by atoms with Gasteiger partial charge in [0.05, 0.1) is 26.9 Å². The second kappa shape index (κ2) is 7.26. The molecule has 0 amide bonds. The Bertz CT molecular complexity index is 714. The van der Waals surface area contributed by atoms with Gasteiger partial charge in [-0.15, -0.1) is 0 Å². The lowest BCUT2D eigenvalue weighted by molar-refractivity contribution is 0.0585. The zero-order valence-corrected chi connectivity index (χ0v) is 12.9. The number of carbonyl (C=O) groups is 2. The van der Waals surface area contributed by atoms with Crippen LogP contribution in [0.15, 0.2) is 36.4 Å². The summed E-state index contributed by atoms with van der Waals surface area (Å²) >= 11 is 0. The molecule has 0 saturated heterocycles. The van der Waals surface area contributed by atoms with Crippen LogP contribution in [0.3, 0.4) is 0 Å². The quantitative estimate of drug-likeness (QED) is 0.616. The number of para-hydroxylation sites is 1.